The molecule has 5 nitrogen and oxygen atoms in total. The van der Waals surface area contributed by atoms with Gasteiger partial charge in [-0.1, -0.05) is 11.6 Å². The Balaban J connectivity index is 1.59. The van der Waals surface area contributed by atoms with Crippen LogP contribution in [0.25, 0.3) is 11.5 Å². The molecule has 1 aliphatic carbocycles. The molecule has 0 radical (unpaired) electrons. The van der Waals surface area contributed by atoms with Gasteiger partial charge in [-0.3, -0.25) is 4.79 Å². The number of hydrogen-bond donors (Lipinski definition) is 2. The molecule has 6 heteroatoms. The number of aromatic nitrogens is 1. The van der Waals surface area contributed by atoms with Crippen LogP contribution in [-0.4, -0.2) is 28.6 Å². The number of oxazole rings is 1. The maximum Gasteiger partial charge on any atom is 0.226 e. The fraction of sp³-hybridized carbons (Fsp3) is 0.412. The summed E-state index contributed by atoms with van der Waals surface area (Å²) in [5, 5.41) is 12.7. The van der Waals surface area contributed by atoms with Gasteiger partial charge in [-0.2, -0.15) is 0 Å². The topological polar surface area (TPSA) is 75.4 Å². The van der Waals surface area contributed by atoms with E-state index in [-0.39, 0.29) is 25.0 Å². The van der Waals surface area contributed by atoms with Crippen LogP contribution >= 0.6 is 11.6 Å². The van der Waals surface area contributed by atoms with Crippen LogP contribution in [-0.2, 0) is 11.2 Å². The highest BCUT2D eigenvalue weighted by Crippen LogP contribution is 2.33. The number of hydrogen-bond acceptors (Lipinski definition) is 4. The summed E-state index contributed by atoms with van der Waals surface area (Å²) in [5.74, 6) is 0.887. The van der Waals surface area contributed by atoms with Crippen LogP contribution in [0.3, 0.4) is 0 Å². The second-order valence-corrected chi connectivity index (χ2v) is 6.29. The van der Waals surface area contributed by atoms with E-state index >= 15 is 0 Å². The van der Waals surface area contributed by atoms with Crippen molar-refractivity contribution >= 4 is 17.5 Å². The summed E-state index contributed by atoms with van der Waals surface area (Å²) in [6, 6.07) is 7.24. The average Bonchev–Trinajstić information content (AvgIpc) is 3.28. The van der Waals surface area contributed by atoms with Crippen LogP contribution in [0.1, 0.15) is 25.0 Å². The van der Waals surface area contributed by atoms with E-state index < -0.39 is 0 Å². The number of aliphatic hydroxyl groups is 1. The Hall–Kier alpha value is -1.85. The van der Waals surface area contributed by atoms with Crippen LogP contribution in [0.15, 0.2) is 34.9 Å². The lowest BCUT2D eigenvalue weighted by Gasteiger charge is -2.16. The molecule has 122 valence electrons. The first-order chi connectivity index (χ1) is 11.2. The molecule has 0 spiro atoms. The lowest BCUT2D eigenvalue weighted by atomic mass is 10.1. The van der Waals surface area contributed by atoms with Gasteiger partial charge in [0.25, 0.3) is 0 Å². The van der Waals surface area contributed by atoms with Gasteiger partial charge >= 0.3 is 0 Å². The minimum absolute atomic E-state index is 0.0649. The van der Waals surface area contributed by atoms with Crippen molar-refractivity contribution in [2.75, 3.05) is 6.61 Å². The van der Waals surface area contributed by atoms with Gasteiger partial charge in [0.2, 0.25) is 11.8 Å². The van der Waals surface area contributed by atoms with E-state index in [0.29, 0.717) is 28.9 Å². The average molecular weight is 335 g/mol. The van der Waals surface area contributed by atoms with E-state index in [2.05, 4.69) is 10.3 Å². The predicted molar refractivity (Wildman–Crippen MR) is 87.0 cm³/mol. The molecule has 23 heavy (non-hydrogen) atoms. The minimum Gasteiger partial charge on any atom is -0.444 e. The fourth-order valence-corrected chi connectivity index (χ4v) is 2.72. The Morgan fingerprint density at radius 1 is 1.39 bits per heavy atom. The molecule has 1 fully saturated rings. The van der Waals surface area contributed by atoms with E-state index in [4.69, 9.17) is 21.1 Å². The molecule has 0 bridgehead atoms. The zero-order valence-electron chi connectivity index (χ0n) is 12.7. The van der Waals surface area contributed by atoms with Crippen molar-refractivity contribution in [2.24, 2.45) is 5.92 Å². The number of nitrogens with zero attached hydrogens (tertiary/aromatic N) is 1. The highest BCUT2D eigenvalue weighted by atomic mass is 35.5. The second kappa shape index (κ2) is 7.15. The number of halogens is 1. The van der Waals surface area contributed by atoms with Crippen LogP contribution in [0.2, 0.25) is 5.02 Å². The van der Waals surface area contributed by atoms with Gasteiger partial charge in [-0.05, 0) is 49.4 Å². The molecule has 1 aliphatic rings. The standard InChI is InChI=1S/C17H19ClN2O3/c18-13-5-3-12(4-6-13)17-19-14(10-23-17)9-16(22)20-15(7-8-21)11-1-2-11/h3-6,10-11,15,21H,1-2,7-9H2,(H,20,22). The van der Waals surface area contributed by atoms with Gasteiger partial charge in [-0.25, -0.2) is 4.98 Å². The number of benzene rings is 1. The molecule has 1 saturated carbocycles. The van der Waals surface area contributed by atoms with E-state index in [1.54, 1.807) is 12.1 Å². The van der Waals surface area contributed by atoms with Crippen molar-refractivity contribution in [3.05, 3.63) is 41.2 Å². The van der Waals surface area contributed by atoms with Crippen molar-refractivity contribution in [3.63, 3.8) is 0 Å². The molecule has 1 unspecified atom stereocenters. The van der Waals surface area contributed by atoms with Gasteiger partial charge in [0.05, 0.1) is 12.1 Å². The number of rotatable bonds is 7. The fourth-order valence-electron chi connectivity index (χ4n) is 2.60. The third-order valence-corrected chi connectivity index (χ3v) is 4.21. The van der Waals surface area contributed by atoms with E-state index in [0.717, 1.165) is 18.4 Å². The quantitative estimate of drug-likeness (QED) is 0.816. The molecule has 1 atom stereocenters. The third kappa shape index (κ3) is 4.33. The first kappa shape index (κ1) is 16.0. The van der Waals surface area contributed by atoms with Gasteiger partial charge in [0.15, 0.2) is 0 Å². The molecule has 1 aromatic heterocycles. The van der Waals surface area contributed by atoms with E-state index in [9.17, 15) is 4.79 Å². The third-order valence-electron chi connectivity index (χ3n) is 3.96. The molecule has 1 amide bonds. The summed E-state index contributed by atoms with van der Waals surface area (Å²) < 4.78 is 5.43. The van der Waals surface area contributed by atoms with Crippen LogP contribution in [0, 0.1) is 5.92 Å². The maximum atomic E-state index is 12.1. The second-order valence-electron chi connectivity index (χ2n) is 5.85. The summed E-state index contributed by atoms with van der Waals surface area (Å²) in [6.07, 6.45) is 4.52. The number of carbonyl (C=O) groups excluding carboxylic acids is 1. The lowest BCUT2D eigenvalue weighted by molar-refractivity contribution is -0.121. The summed E-state index contributed by atoms with van der Waals surface area (Å²) in [6.45, 7) is 0.0894. The Morgan fingerprint density at radius 2 is 2.13 bits per heavy atom. The number of carbonyl (C=O) groups is 1. The zero-order chi connectivity index (χ0) is 16.2. The smallest absolute Gasteiger partial charge is 0.226 e. The van der Waals surface area contributed by atoms with Gasteiger partial charge < -0.3 is 14.8 Å². The molecule has 3 rings (SSSR count). The Kier molecular flexibility index (Phi) is 4.98. The molecule has 1 heterocycles. The summed E-state index contributed by atoms with van der Waals surface area (Å²) >= 11 is 5.86. The molecule has 0 aliphatic heterocycles. The summed E-state index contributed by atoms with van der Waals surface area (Å²) in [4.78, 5) is 16.5. The number of aliphatic hydroxyl groups excluding tert-OH is 1. The lowest BCUT2D eigenvalue weighted by Crippen LogP contribution is -2.38. The van der Waals surface area contributed by atoms with E-state index in [1.165, 1.54) is 6.26 Å². The van der Waals surface area contributed by atoms with Crippen LogP contribution in [0.4, 0.5) is 0 Å². The Bertz CT molecular complexity index is 665. The molecule has 1 aromatic carbocycles. The van der Waals surface area contributed by atoms with Crippen molar-refractivity contribution < 1.29 is 14.3 Å². The zero-order valence-corrected chi connectivity index (χ0v) is 13.4. The minimum atomic E-state index is -0.0914. The van der Waals surface area contributed by atoms with Crippen LogP contribution < -0.4 is 5.32 Å². The van der Waals surface area contributed by atoms with Crippen molar-refractivity contribution in [2.45, 2.75) is 31.7 Å². The highest BCUT2D eigenvalue weighted by molar-refractivity contribution is 6.30. The summed E-state index contributed by atoms with van der Waals surface area (Å²) in [7, 11) is 0. The first-order valence-electron chi connectivity index (χ1n) is 7.76. The predicted octanol–water partition coefficient (Wildman–Crippen LogP) is 2.81. The van der Waals surface area contributed by atoms with Crippen molar-refractivity contribution in [1.82, 2.24) is 10.3 Å². The Morgan fingerprint density at radius 3 is 2.78 bits per heavy atom. The Labute approximate surface area is 139 Å². The molecular formula is C17H19ClN2O3. The molecular weight excluding hydrogens is 316 g/mol. The van der Waals surface area contributed by atoms with Gasteiger partial charge in [0.1, 0.15) is 6.26 Å². The number of nitrogens with one attached hydrogen (secondary N) is 1. The molecule has 2 aromatic rings. The number of amides is 1. The highest BCUT2D eigenvalue weighted by Gasteiger charge is 2.31. The molecule has 2 N–H and O–H groups in total. The largest absolute Gasteiger partial charge is 0.444 e. The summed E-state index contributed by atoms with van der Waals surface area (Å²) in [5.41, 5.74) is 1.41. The van der Waals surface area contributed by atoms with Crippen molar-refractivity contribution in [3.8, 4) is 11.5 Å². The normalized spacial score (nSPS) is 15.4. The van der Waals surface area contributed by atoms with E-state index in [1.807, 2.05) is 12.1 Å². The maximum absolute atomic E-state index is 12.1. The first-order valence-corrected chi connectivity index (χ1v) is 8.14. The van der Waals surface area contributed by atoms with Crippen molar-refractivity contribution in [1.29, 1.82) is 0 Å². The van der Waals surface area contributed by atoms with Crippen LogP contribution in [0.5, 0.6) is 0 Å². The monoisotopic (exact) mass is 334 g/mol. The SMILES string of the molecule is O=C(Cc1coc(-c2ccc(Cl)cc2)n1)NC(CCO)C1CC1. The molecule has 0 saturated heterocycles. The van der Waals surface area contributed by atoms with Gasteiger partial charge in [-0.15, -0.1) is 0 Å². The van der Waals surface area contributed by atoms with Gasteiger partial charge in [0, 0.05) is 23.2 Å².